The standard InChI is InChI=1S/C17H11NO6/c19-14(10-4-2-1-3-5-10)13-15(20)17(21)24-16(13)11-6-8-12(9-7-11)18(22)23/h1-9,16,19H/t16-/m1/s1. The van der Waals surface area contributed by atoms with E-state index in [1.54, 1.807) is 30.3 Å². The Balaban J connectivity index is 2.07. The van der Waals surface area contributed by atoms with E-state index in [0.29, 0.717) is 11.1 Å². The molecule has 1 saturated heterocycles. The number of nitro groups is 1. The lowest BCUT2D eigenvalue weighted by molar-refractivity contribution is -0.384. The third-order valence-corrected chi connectivity index (χ3v) is 3.63. The Labute approximate surface area is 136 Å². The summed E-state index contributed by atoms with van der Waals surface area (Å²) < 4.78 is 5.04. The van der Waals surface area contributed by atoms with Gasteiger partial charge in [0.15, 0.2) is 6.10 Å². The van der Waals surface area contributed by atoms with E-state index in [4.69, 9.17) is 4.74 Å². The molecule has 0 saturated carbocycles. The van der Waals surface area contributed by atoms with Gasteiger partial charge in [0.25, 0.3) is 11.5 Å². The number of cyclic esters (lactones) is 1. The molecule has 1 heterocycles. The number of benzene rings is 2. The highest BCUT2D eigenvalue weighted by Gasteiger charge is 2.42. The lowest BCUT2D eigenvalue weighted by Gasteiger charge is -2.12. The van der Waals surface area contributed by atoms with Gasteiger partial charge in [-0.3, -0.25) is 14.9 Å². The maximum atomic E-state index is 12.1. The van der Waals surface area contributed by atoms with E-state index in [0.717, 1.165) is 0 Å². The van der Waals surface area contributed by atoms with Crippen LogP contribution >= 0.6 is 0 Å². The van der Waals surface area contributed by atoms with Crippen molar-refractivity contribution in [2.75, 3.05) is 0 Å². The largest absolute Gasteiger partial charge is 0.507 e. The van der Waals surface area contributed by atoms with Crippen molar-refractivity contribution in [2.45, 2.75) is 6.10 Å². The second-order valence-electron chi connectivity index (χ2n) is 5.09. The molecule has 24 heavy (non-hydrogen) atoms. The summed E-state index contributed by atoms with van der Waals surface area (Å²) in [4.78, 5) is 33.9. The molecule has 1 aliphatic heterocycles. The van der Waals surface area contributed by atoms with Gasteiger partial charge in [-0.15, -0.1) is 0 Å². The molecular formula is C17H11NO6. The zero-order valence-electron chi connectivity index (χ0n) is 12.2. The first-order chi connectivity index (χ1) is 11.5. The number of nitro benzene ring substituents is 1. The van der Waals surface area contributed by atoms with Crippen LogP contribution in [-0.4, -0.2) is 21.8 Å². The minimum atomic E-state index is -1.11. The Morgan fingerprint density at radius 2 is 1.67 bits per heavy atom. The molecule has 7 nitrogen and oxygen atoms in total. The maximum Gasteiger partial charge on any atom is 0.380 e. The van der Waals surface area contributed by atoms with Crippen molar-refractivity contribution in [3.8, 4) is 0 Å². The quantitative estimate of drug-likeness (QED) is 0.232. The second kappa shape index (κ2) is 5.96. The van der Waals surface area contributed by atoms with E-state index in [1.807, 2.05) is 0 Å². The smallest absolute Gasteiger partial charge is 0.380 e. The molecule has 1 aliphatic rings. The highest BCUT2D eigenvalue weighted by Crippen LogP contribution is 2.37. The fraction of sp³-hybridized carbons (Fsp3) is 0.0588. The zero-order valence-corrected chi connectivity index (χ0v) is 12.2. The van der Waals surface area contributed by atoms with Crippen molar-refractivity contribution in [1.82, 2.24) is 0 Å². The van der Waals surface area contributed by atoms with Crippen LogP contribution < -0.4 is 0 Å². The number of non-ortho nitro benzene ring substituents is 1. The Morgan fingerprint density at radius 1 is 1.04 bits per heavy atom. The van der Waals surface area contributed by atoms with Gasteiger partial charge < -0.3 is 9.84 Å². The minimum Gasteiger partial charge on any atom is -0.507 e. The summed E-state index contributed by atoms with van der Waals surface area (Å²) in [5.74, 6) is -2.36. The number of aliphatic hydroxyl groups excluding tert-OH is 1. The second-order valence-corrected chi connectivity index (χ2v) is 5.09. The maximum absolute atomic E-state index is 12.1. The fourth-order valence-electron chi connectivity index (χ4n) is 2.44. The average molecular weight is 325 g/mol. The predicted octanol–water partition coefficient (Wildman–Crippen LogP) is 2.73. The number of hydrogen-bond acceptors (Lipinski definition) is 6. The van der Waals surface area contributed by atoms with Crippen molar-refractivity contribution in [3.05, 3.63) is 81.4 Å². The van der Waals surface area contributed by atoms with Gasteiger partial charge in [0.2, 0.25) is 0 Å². The molecule has 3 rings (SSSR count). The van der Waals surface area contributed by atoms with E-state index >= 15 is 0 Å². The highest BCUT2D eigenvalue weighted by atomic mass is 16.6. The molecule has 1 N–H and O–H groups in total. The van der Waals surface area contributed by atoms with Crippen molar-refractivity contribution < 1.29 is 24.4 Å². The summed E-state index contributed by atoms with van der Waals surface area (Å²) in [7, 11) is 0. The first-order valence-electron chi connectivity index (χ1n) is 6.97. The fourth-order valence-corrected chi connectivity index (χ4v) is 2.44. The van der Waals surface area contributed by atoms with Crippen LogP contribution in [0.25, 0.3) is 5.76 Å². The monoisotopic (exact) mass is 325 g/mol. The van der Waals surface area contributed by atoms with Crippen LogP contribution in [0.4, 0.5) is 5.69 Å². The van der Waals surface area contributed by atoms with Gasteiger partial charge in [0, 0.05) is 17.7 Å². The van der Waals surface area contributed by atoms with Gasteiger partial charge in [-0.1, -0.05) is 30.3 Å². The third-order valence-electron chi connectivity index (χ3n) is 3.63. The molecular weight excluding hydrogens is 314 g/mol. The Morgan fingerprint density at radius 3 is 2.25 bits per heavy atom. The number of carbonyl (C=O) groups is 2. The molecule has 0 radical (unpaired) electrons. The third kappa shape index (κ3) is 2.63. The summed E-state index contributed by atoms with van der Waals surface area (Å²) in [6.45, 7) is 0. The topological polar surface area (TPSA) is 107 Å². The van der Waals surface area contributed by atoms with Crippen LogP contribution in [0.1, 0.15) is 17.2 Å². The van der Waals surface area contributed by atoms with E-state index in [1.165, 1.54) is 24.3 Å². The van der Waals surface area contributed by atoms with Crippen molar-refractivity contribution in [3.63, 3.8) is 0 Å². The number of ketones is 1. The molecule has 0 amide bonds. The number of Topliss-reactive ketones (excluding diaryl/α,β-unsaturated/α-hetero) is 1. The van der Waals surface area contributed by atoms with Gasteiger partial charge in [-0.25, -0.2) is 4.79 Å². The average Bonchev–Trinajstić information content (AvgIpc) is 2.90. The number of carbonyl (C=O) groups excluding carboxylic acids is 2. The summed E-state index contributed by atoms with van der Waals surface area (Å²) in [5, 5.41) is 21.1. The van der Waals surface area contributed by atoms with Gasteiger partial charge in [0.05, 0.1) is 10.5 Å². The van der Waals surface area contributed by atoms with Crippen LogP contribution in [0.5, 0.6) is 0 Å². The molecule has 0 spiro atoms. The Hall–Kier alpha value is -3.48. The number of hydrogen-bond donors (Lipinski definition) is 1. The molecule has 2 aromatic carbocycles. The molecule has 0 aliphatic carbocycles. The van der Waals surface area contributed by atoms with E-state index < -0.39 is 22.8 Å². The predicted molar refractivity (Wildman–Crippen MR) is 82.9 cm³/mol. The summed E-state index contributed by atoms with van der Waals surface area (Å²) in [5.41, 5.74) is 0.413. The number of esters is 1. The molecule has 1 fully saturated rings. The van der Waals surface area contributed by atoms with E-state index in [2.05, 4.69) is 0 Å². The molecule has 0 bridgehead atoms. The van der Waals surface area contributed by atoms with E-state index in [9.17, 15) is 24.8 Å². The van der Waals surface area contributed by atoms with Crippen LogP contribution in [0.3, 0.4) is 0 Å². The molecule has 7 heteroatoms. The molecule has 0 unspecified atom stereocenters. The molecule has 1 atom stereocenters. The van der Waals surface area contributed by atoms with Gasteiger partial charge in [-0.2, -0.15) is 0 Å². The number of nitrogens with zero attached hydrogens (tertiary/aromatic N) is 1. The zero-order chi connectivity index (χ0) is 17.3. The number of rotatable bonds is 3. The van der Waals surface area contributed by atoms with Crippen molar-refractivity contribution >= 4 is 23.2 Å². The van der Waals surface area contributed by atoms with Gasteiger partial charge in [-0.05, 0) is 17.7 Å². The Kier molecular flexibility index (Phi) is 3.83. The van der Waals surface area contributed by atoms with Crippen LogP contribution in [-0.2, 0) is 14.3 Å². The SMILES string of the molecule is O=C1O[C@H](c2ccc([N+](=O)[O-])cc2)C(=C(O)c2ccccc2)C1=O. The molecule has 120 valence electrons. The lowest BCUT2D eigenvalue weighted by atomic mass is 9.96. The molecule has 2 aromatic rings. The van der Waals surface area contributed by atoms with Crippen LogP contribution in [0.15, 0.2) is 60.2 Å². The summed E-state index contributed by atoms with van der Waals surface area (Å²) >= 11 is 0. The van der Waals surface area contributed by atoms with Crippen LogP contribution in [0.2, 0.25) is 0 Å². The molecule has 0 aromatic heterocycles. The highest BCUT2D eigenvalue weighted by molar-refractivity contribution is 6.44. The lowest BCUT2D eigenvalue weighted by Crippen LogP contribution is -2.08. The summed E-state index contributed by atoms with van der Waals surface area (Å²) in [6.07, 6.45) is -1.11. The first kappa shape index (κ1) is 15.4. The Bertz CT molecular complexity index is 854. The van der Waals surface area contributed by atoms with Gasteiger partial charge in [0.1, 0.15) is 5.76 Å². The van der Waals surface area contributed by atoms with Crippen molar-refractivity contribution in [2.24, 2.45) is 0 Å². The van der Waals surface area contributed by atoms with E-state index in [-0.39, 0.29) is 17.0 Å². The number of aliphatic hydroxyl groups is 1. The minimum absolute atomic E-state index is 0.132. The van der Waals surface area contributed by atoms with Crippen LogP contribution in [0, 0.1) is 10.1 Å². The number of ether oxygens (including phenoxy) is 1. The summed E-state index contributed by atoms with van der Waals surface area (Å²) in [6, 6.07) is 13.5. The normalized spacial score (nSPS) is 19.1. The van der Waals surface area contributed by atoms with Crippen molar-refractivity contribution in [1.29, 1.82) is 0 Å². The first-order valence-corrected chi connectivity index (χ1v) is 6.97. The van der Waals surface area contributed by atoms with Gasteiger partial charge >= 0.3 is 5.97 Å².